The van der Waals surface area contributed by atoms with E-state index < -0.39 is 11.9 Å². The van der Waals surface area contributed by atoms with Crippen LogP contribution in [0.3, 0.4) is 0 Å². The minimum absolute atomic E-state index is 0.0855. The molecule has 4 aromatic rings. The molecule has 4 rings (SSSR count). The van der Waals surface area contributed by atoms with E-state index in [1.54, 1.807) is 29.9 Å². The van der Waals surface area contributed by atoms with Gasteiger partial charge in [-0.05, 0) is 38.1 Å². The highest BCUT2D eigenvalue weighted by Crippen LogP contribution is 2.31. The molecule has 0 radical (unpaired) electrons. The number of aromatic carboxylic acids is 1. The second-order valence-corrected chi connectivity index (χ2v) is 6.72. The number of rotatable bonds is 5. The summed E-state index contributed by atoms with van der Waals surface area (Å²) in [6.45, 7) is 4.54. The van der Waals surface area contributed by atoms with E-state index in [1.807, 2.05) is 19.9 Å². The van der Waals surface area contributed by atoms with Gasteiger partial charge < -0.3 is 20.4 Å². The van der Waals surface area contributed by atoms with Gasteiger partial charge in [0.25, 0.3) is 0 Å². The lowest BCUT2D eigenvalue weighted by Gasteiger charge is -2.05. The Balaban J connectivity index is 1.94. The molecule has 4 N–H and O–H groups in total. The van der Waals surface area contributed by atoms with Crippen molar-refractivity contribution < 1.29 is 14.7 Å². The monoisotopic (exact) mass is 393 g/mol. The van der Waals surface area contributed by atoms with E-state index >= 15 is 0 Å². The first-order valence-corrected chi connectivity index (χ1v) is 8.94. The van der Waals surface area contributed by atoms with Gasteiger partial charge >= 0.3 is 5.97 Å². The molecule has 3 aromatic heterocycles. The minimum Gasteiger partial charge on any atom is -0.477 e. The Labute approximate surface area is 165 Å². The molecule has 0 atom stereocenters. The van der Waals surface area contributed by atoms with Gasteiger partial charge in [-0.3, -0.25) is 9.48 Å². The van der Waals surface area contributed by atoms with E-state index in [4.69, 9.17) is 5.73 Å². The van der Waals surface area contributed by atoms with Crippen LogP contribution in [-0.4, -0.2) is 46.5 Å². The Morgan fingerprint density at radius 1 is 1.17 bits per heavy atom. The number of aryl methyl sites for hydroxylation is 3. The number of nitrogens with one attached hydrogen (secondary N) is 1. The molecule has 0 bridgehead atoms. The van der Waals surface area contributed by atoms with Crippen molar-refractivity contribution in [3.05, 3.63) is 41.2 Å². The van der Waals surface area contributed by atoms with Gasteiger partial charge in [0.1, 0.15) is 11.4 Å². The van der Waals surface area contributed by atoms with Crippen molar-refractivity contribution in [2.75, 3.05) is 0 Å². The number of aromatic amines is 1. The Bertz CT molecular complexity index is 1280. The highest BCUT2D eigenvalue weighted by molar-refractivity contribution is 6.05. The predicted octanol–water partition coefficient (Wildman–Crippen LogP) is 1.95. The van der Waals surface area contributed by atoms with Crippen LogP contribution in [0.2, 0.25) is 0 Å². The second kappa shape index (κ2) is 6.59. The second-order valence-electron chi connectivity index (χ2n) is 6.72. The molecule has 0 saturated carbocycles. The van der Waals surface area contributed by atoms with Gasteiger partial charge in [-0.25, -0.2) is 4.79 Å². The third kappa shape index (κ3) is 2.94. The van der Waals surface area contributed by atoms with Gasteiger partial charge in [-0.1, -0.05) is 0 Å². The van der Waals surface area contributed by atoms with Gasteiger partial charge in [0.2, 0.25) is 5.91 Å². The van der Waals surface area contributed by atoms with Gasteiger partial charge in [-0.2, -0.15) is 5.10 Å². The first-order chi connectivity index (χ1) is 13.8. The third-order valence-corrected chi connectivity index (χ3v) is 4.85. The van der Waals surface area contributed by atoms with Crippen molar-refractivity contribution in [1.82, 2.24) is 29.5 Å². The molecule has 3 heterocycles. The lowest BCUT2D eigenvalue weighted by atomic mass is 10.0. The average molecular weight is 393 g/mol. The lowest BCUT2D eigenvalue weighted by molar-refractivity contribution is 0.0687. The Kier molecular flexibility index (Phi) is 4.18. The number of amides is 1. The van der Waals surface area contributed by atoms with Crippen molar-refractivity contribution in [3.8, 4) is 22.9 Å². The van der Waals surface area contributed by atoms with Gasteiger partial charge in [-0.15, -0.1) is 10.2 Å². The fourth-order valence-electron chi connectivity index (χ4n) is 3.45. The molecule has 148 valence electrons. The molecule has 0 fully saturated rings. The van der Waals surface area contributed by atoms with Crippen molar-refractivity contribution in [3.63, 3.8) is 0 Å². The van der Waals surface area contributed by atoms with Gasteiger partial charge in [0, 0.05) is 35.6 Å². The van der Waals surface area contributed by atoms with Crippen molar-refractivity contribution in [1.29, 1.82) is 0 Å². The number of primary amides is 1. The maximum absolute atomic E-state index is 11.8. The van der Waals surface area contributed by atoms with Crippen LogP contribution < -0.4 is 5.73 Å². The average Bonchev–Trinajstić information content (AvgIpc) is 3.38. The summed E-state index contributed by atoms with van der Waals surface area (Å²) in [7, 11) is 1.62. The third-order valence-electron chi connectivity index (χ3n) is 4.85. The number of benzene rings is 1. The maximum atomic E-state index is 11.8. The number of nitrogens with zero attached hydrogens (tertiary/aromatic N) is 5. The molecule has 0 aliphatic carbocycles. The first kappa shape index (κ1) is 18.4. The molecule has 1 aromatic carbocycles. The summed E-state index contributed by atoms with van der Waals surface area (Å²) in [4.78, 5) is 26.6. The summed E-state index contributed by atoms with van der Waals surface area (Å²) < 4.78 is 3.31. The number of hydrogen-bond acceptors (Lipinski definition) is 5. The maximum Gasteiger partial charge on any atom is 0.352 e. The highest BCUT2D eigenvalue weighted by atomic mass is 16.4. The Morgan fingerprint density at radius 2 is 1.90 bits per heavy atom. The largest absolute Gasteiger partial charge is 0.477 e. The summed E-state index contributed by atoms with van der Waals surface area (Å²) in [5, 5.41) is 22.9. The van der Waals surface area contributed by atoms with Crippen LogP contribution in [0.1, 0.15) is 33.5 Å². The molecular formula is C19H19N7O3. The first-order valence-electron chi connectivity index (χ1n) is 8.94. The Morgan fingerprint density at radius 3 is 2.55 bits per heavy atom. The number of carboxylic acid groups (broad SMARTS) is 1. The van der Waals surface area contributed by atoms with Crippen LogP contribution >= 0.6 is 0 Å². The fraction of sp³-hybridized carbons (Fsp3) is 0.211. The normalized spacial score (nSPS) is 11.3. The standard InChI is InChI=1S/C19H19N7O3/c1-4-26-14(5-9(2)24-26)18-21-17(22-23-18)12-6-10(16(20)27)7-13-11(12)8-15(19(28)29)25(13)3/h5-8H,4H2,1-3H3,(H2,20,27)(H,28,29)(H,21,22,23). The molecule has 1 amide bonds. The smallest absolute Gasteiger partial charge is 0.352 e. The number of carboxylic acids is 1. The molecule has 0 unspecified atom stereocenters. The zero-order chi connectivity index (χ0) is 20.9. The molecule has 0 aliphatic rings. The van der Waals surface area contributed by atoms with Crippen LogP contribution in [0.4, 0.5) is 0 Å². The molecule has 29 heavy (non-hydrogen) atoms. The minimum atomic E-state index is -1.07. The van der Waals surface area contributed by atoms with Crippen LogP contribution in [0.15, 0.2) is 24.3 Å². The molecule has 0 aliphatic heterocycles. The molecule has 0 spiro atoms. The van der Waals surface area contributed by atoms with Crippen LogP contribution in [0, 0.1) is 6.92 Å². The number of carbonyl (C=O) groups is 2. The SMILES string of the molecule is CCn1nc(C)cc1-c1nnc(-c2cc(C(N)=O)cc3c2cc(C(=O)O)n3C)[nH]1. The summed E-state index contributed by atoms with van der Waals surface area (Å²) in [6.07, 6.45) is 0. The predicted molar refractivity (Wildman–Crippen MR) is 105 cm³/mol. The zero-order valence-electron chi connectivity index (χ0n) is 16.1. The number of H-pyrrole nitrogens is 1. The fourth-order valence-corrected chi connectivity index (χ4v) is 3.45. The van der Waals surface area contributed by atoms with E-state index in [0.717, 1.165) is 11.4 Å². The number of fused-ring (bicyclic) bond motifs is 1. The summed E-state index contributed by atoms with van der Waals surface area (Å²) in [5.41, 5.74) is 8.55. The summed E-state index contributed by atoms with van der Waals surface area (Å²) in [6, 6.07) is 6.60. The Hall–Kier alpha value is -3.95. The van der Waals surface area contributed by atoms with Gasteiger partial charge in [0.05, 0.1) is 5.69 Å². The molecule has 0 saturated heterocycles. The van der Waals surface area contributed by atoms with E-state index in [9.17, 15) is 14.7 Å². The van der Waals surface area contributed by atoms with E-state index in [0.29, 0.717) is 34.7 Å². The zero-order valence-corrected chi connectivity index (χ0v) is 16.1. The molecule has 10 nitrogen and oxygen atoms in total. The van der Waals surface area contributed by atoms with Crippen molar-refractivity contribution in [2.24, 2.45) is 12.8 Å². The number of hydrogen-bond donors (Lipinski definition) is 3. The van der Waals surface area contributed by atoms with Crippen LogP contribution in [-0.2, 0) is 13.6 Å². The highest BCUT2D eigenvalue weighted by Gasteiger charge is 2.20. The van der Waals surface area contributed by atoms with Gasteiger partial charge in [0.15, 0.2) is 11.6 Å². The molecule has 10 heteroatoms. The number of carbonyl (C=O) groups excluding carboxylic acids is 1. The summed E-state index contributed by atoms with van der Waals surface area (Å²) in [5.74, 6) is -0.770. The van der Waals surface area contributed by atoms with E-state index in [1.165, 1.54) is 4.57 Å². The molecular weight excluding hydrogens is 374 g/mol. The van der Waals surface area contributed by atoms with E-state index in [-0.39, 0.29) is 11.3 Å². The topological polar surface area (TPSA) is 145 Å². The number of aromatic nitrogens is 6. The van der Waals surface area contributed by atoms with Crippen LogP contribution in [0.25, 0.3) is 33.8 Å². The van der Waals surface area contributed by atoms with Crippen LogP contribution in [0.5, 0.6) is 0 Å². The number of nitrogens with two attached hydrogens (primary N) is 1. The van der Waals surface area contributed by atoms with Crippen molar-refractivity contribution >= 4 is 22.8 Å². The lowest BCUT2D eigenvalue weighted by Crippen LogP contribution is -2.11. The van der Waals surface area contributed by atoms with Crippen molar-refractivity contribution in [2.45, 2.75) is 20.4 Å². The summed E-state index contributed by atoms with van der Waals surface area (Å²) >= 11 is 0. The van der Waals surface area contributed by atoms with E-state index in [2.05, 4.69) is 20.3 Å². The quantitative estimate of drug-likeness (QED) is 0.472.